The van der Waals surface area contributed by atoms with E-state index in [1.165, 1.54) is 6.92 Å². The number of carbonyl (C=O) groups is 1. The molecule has 1 aromatic heterocycles. The summed E-state index contributed by atoms with van der Waals surface area (Å²) in [6.07, 6.45) is -1.18. The van der Waals surface area contributed by atoms with Crippen molar-refractivity contribution in [2.75, 3.05) is 6.61 Å². The normalized spacial score (nSPS) is 29.6. The number of ether oxygens (including phenoxy) is 1. The maximum Gasteiger partial charge on any atom is 0.163 e. The second-order valence-electron chi connectivity index (χ2n) is 3.94. The van der Waals surface area contributed by atoms with E-state index in [1.807, 2.05) is 0 Å². The van der Waals surface area contributed by atoms with Gasteiger partial charge in [-0.2, -0.15) is 0 Å². The first-order chi connectivity index (χ1) is 7.50. The van der Waals surface area contributed by atoms with Gasteiger partial charge in [-0.25, -0.2) is 0 Å². The standard InChI is InChI=1S/C11H13ClO4/c1-5(13)7-3-9(16-6(7)2)11-10(12)8(14)4-15-11/h3,8,10-11,14H,4H2,1-2H3/t8-,10+,11-/m1/s1. The Kier molecular flexibility index (Phi) is 3.06. The van der Waals surface area contributed by atoms with Crippen LogP contribution in [0.2, 0.25) is 0 Å². The van der Waals surface area contributed by atoms with Crippen LogP contribution in [0.4, 0.5) is 0 Å². The van der Waals surface area contributed by atoms with Gasteiger partial charge in [0.25, 0.3) is 0 Å². The number of ketones is 1. The lowest BCUT2D eigenvalue weighted by molar-refractivity contribution is 0.0769. The van der Waals surface area contributed by atoms with Crippen molar-refractivity contribution in [1.29, 1.82) is 0 Å². The van der Waals surface area contributed by atoms with Crippen molar-refractivity contribution in [3.8, 4) is 0 Å². The summed E-state index contributed by atoms with van der Waals surface area (Å²) in [4.78, 5) is 11.3. The third-order valence-corrected chi connectivity index (χ3v) is 3.22. The number of hydrogen-bond acceptors (Lipinski definition) is 4. The molecule has 1 fully saturated rings. The van der Waals surface area contributed by atoms with Gasteiger partial charge in [-0.15, -0.1) is 11.6 Å². The van der Waals surface area contributed by atoms with Crippen LogP contribution in [-0.2, 0) is 4.74 Å². The highest BCUT2D eigenvalue weighted by molar-refractivity contribution is 6.21. The number of halogens is 1. The summed E-state index contributed by atoms with van der Waals surface area (Å²) in [6, 6.07) is 1.63. The third kappa shape index (κ3) is 1.88. The average molecular weight is 245 g/mol. The van der Waals surface area contributed by atoms with E-state index < -0.39 is 17.6 Å². The minimum Gasteiger partial charge on any atom is -0.463 e. The zero-order valence-corrected chi connectivity index (χ0v) is 9.82. The lowest BCUT2D eigenvalue weighted by Crippen LogP contribution is -2.19. The quantitative estimate of drug-likeness (QED) is 0.637. The van der Waals surface area contributed by atoms with Gasteiger partial charge in [-0.05, 0) is 19.9 Å². The fraction of sp³-hybridized carbons (Fsp3) is 0.545. The molecule has 88 valence electrons. The number of aliphatic hydroxyl groups is 1. The lowest BCUT2D eigenvalue weighted by atomic mass is 10.1. The Bertz CT molecular complexity index is 412. The van der Waals surface area contributed by atoms with Crippen molar-refractivity contribution in [3.05, 3.63) is 23.2 Å². The molecule has 5 heteroatoms. The van der Waals surface area contributed by atoms with Crippen LogP contribution in [0, 0.1) is 6.92 Å². The Labute approximate surface area is 98.1 Å². The average Bonchev–Trinajstić information content (AvgIpc) is 2.73. The molecular formula is C11H13ClO4. The molecule has 2 rings (SSSR count). The van der Waals surface area contributed by atoms with Crippen molar-refractivity contribution < 1.29 is 19.1 Å². The number of alkyl halides is 1. The molecule has 1 aromatic rings. The Hall–Kier alpha value is -0.840. The first kappa shape index (κ1) is 11.6. The highest BCUT2D eigenvalue weighted by atomic mass is 35.5. The molecule has 0 aromatic carbocycles. The maximum atomic E-state index is 11.3. The summed E-state index contributed by atoms with van der Waals surface area (Å²) in [5.41, 5.74) is 0.531. The summed E-state index contributed by atoms with van der Waals surface area (Å²) in [5.74, 6) is 0.993. The molecule has 3 atom stereocenters. The SMILES string of the molecule is CC(=O)c1cc([C@H]2OC[C@@H](O)[C@@H]2Cl)oc1C. The van der Waals surface area contributed by atoms with Gasteiger partial charge in [0, 0.05) is 0 Å². The monoisotopic (exact) mass is 244 g/mol. The van der Waals surface area contributed by atoms with Gasteiger partial charge < -0.3 is 14.3 Å². The van der Waals surface area contributed by atoms with Crippen molar-refractivity contribution in [3.63, 3.8) is 0 Å². The molecule has 1 saturated heterocycles. The number of Topliss-reactive ketones (excluding diaryl/α,β-unsaturated/α-hetero) is 1. The molecule has 0 aliphatic carbocycles. The molecule has 0 bridgehead atoms. The molecule has 4 nitrogen and oxygen atoms in total. The number of rotatable bonds is 2. The van der Waals surface area contributed by atoms with E-state index in [0.29, 0.717) is 17.1 Å². The van der Waals surface area contributed by atoms with Crippen LogP contribution in [0.1, 0.15) is 34.9 Å². The molecule has 1 aliphatic heterocycles. The Balaban J connectivity index is 2.28. The minimum absolute atomic E-state index is 0.0582. The van der Waals surface area contributed by atoms with Crippen LogP contribution >= 0.6 is 11.6 Å². The predicted octanol–water partition coefficient (Wildman–Crippen LogP) is 1.83. The second-order valence-corrected chi connectivity index (χ2v) is 4.44. The van der Waals surface area contributed by atoms with Crippen molar-refractivity contribution in [1.82, 2.24) is 0 Å². The fourth-order valence-corrected chi connectivity index (χ4v) is 2.09. The Morgan fingerprint density at radius 3 is 2.75 bits per heavy atom. The molecule has 1 aliphatic rings. The van der Waals surface area contributed by atoms with Crippen LogP contribution in [0.25, 0.3) is 0 Å². The van der Waals surface area contributed by atoms with Gasteiger partial charge in [0.15, 0.2) is 5.78 Å². The topological polar surface area (TPSA) is 59.7 Å². The molecule has 0 saturated carbocycles. The van der Waals surface area contributed by atoms with Gasteiger partial charge in [-0.3, -0.25) is 4.79 Å². The number of aliphatic hydroxyl groups excluding tert-OH is 1. The molecule has 0 unspecified atom stereocenters. The van der Waals surface area contributed by atoms with E-state index >= 15 is 0 Å². The smallest absolute Gasteiger partial charge is 0.163 e. The van der Waals surface area contributed by atoms with E-state index in [1.54, 1.807) is 13.0 Å². The number of carbonyl (C=O) groups excluding carboxylic acids is 1. The minimum atomic E-state index is -0.696. The zero-order chi connectivity index (χ0) is 11.9. The molecular weight excluding hydrogens is 232 g/mol. The summed E-state index contributed by atoms with van der Waals surface area (Å²) >= 11 is 5.98. The van der Waals surface area contributed by atoms with E-state index in [-0.39, 0.29) is 12.4 Å². The fourth-order valence-electron chi connectivity index (χ4n) is 1.82. The molecule has 0 radical (unpaired) electrons. The van der Waals surface area contributed by atoms with Crippen LogP contribution in [0.15, 0.2) is 10.5 Å². The van der Waals surface area contributed by atoms with E-state index in [0.717, 1.165) is 0 Å². The largest absolute Gasteiger partial charge is 0.463 e. The number of hydrogen-bond donors (Lipinski definition) is 1. The van der Waals surface area contributed by atoms with Gasteiger partial charge in [0.1, 0.15) is 17.6 Å². The third-order valence-electron chi connectivity index (χ3n) is 2.70. The molecule has 1 N–H and O–H groups in total. The van der Waals surface area contributed by atoms with Crippen LogP contribution in [-0.4, -0.2) is 29.0 Å². The Morgan fingerprint density at radius 2 is 2.31 bits per heavy atom. The second kappa shape index (κ2) is 4.20. The Morgan fingerprint density at radius 1 is 1.62 bits per heavy atom. The van der Waals surface area contributed by atoms with Gasteiger partial charge in [0.05, 0.1) is 23.7 Å². The predicted molar refractivity (Wildman–Crippen MR) is 57.8 cm³/mol. The van der Waals surface area contributed by atoms with Crippen LogP contribution < -0.4 is 0 Å². The summed E-state index contributed by atoms with van der Waals surface area (Å²) in [6.45, 7) is 3.38. The molecule has 0 spiro atoms. The maximum absolute atomic E-state index is 11.3. The number of aryl methyl sites for hydroxylation is 1. The number of furan rings is 1. The molecule has 0 amide bonds. The summed E-state index contributed by atoms with van der Waals surface area (Å²) < 4.78 is 10.8. The zero-order valence-electron chi connectivity index (χ0n) is 9.07. The van der Waals surface area contributed by atoms with Crippen LogP contribution in [0.3, 0.4) is 0 Å². The summed E-state index contributed by atoms with van der Waals surface area (Å²) in [5, 5.41) is 8.91. The first-order valence-electron chi connectivity index (χ1n) is 5.05. The van der Waals surface area contributed by atoms with Crippen molar-refractivity contribution >= 4 is 17.4 Å². The molecule has 2 heterocycles. The van der Waals surface area contributed by atoms with Crippen LogP contribution in [0.5, 0.6) is 0 Å². The highest BCUT2D eigenvalue weighted by Gasteiger charge is 2.38. The van der Waals surface area contributed by atoms with Gasteiger partial charge >= 0.3 is 0 Å². The lowest BCUT2D eigenvalue weighted by Gasteiger charge is -2.10. The molecule has 16 heavy (non-hydrogen) atoms. The van der Waals surface area contributed by atoms with Gasteiger partial charge in [-0.1, -0.05) is 0 Å². The summed E-state index contributed by atoms with van der Waals surface area (Å²) in [7, 11) is 0. The van der Waals surface area contributed by atoms with E-state index in [9.17, 15) is 9.90 Å². The van der Waals surface area contributed by atoms with E-state index in [2.05, 4.69) is 0 Å². The van der Waals surface area contributed by atoms with Gasteiger partial charge in [0.2, 0.25) is 0 Å². The highest BCUT2D eigenvalue weighted by Crippen LogP contribution is 2.35. The van der Waals surface area contributed by atoms with Crippen molar-refractivity contribution in [2.24, 2.45) is 0 Å². The first-order valence-corrected chi connectivity index (χ1v) is 5.49. The van der Waals surface area contributed by atoms with Crippen molar-refractivity contribution in [2.45, 2.75) is 31.4 Å². The van der Waals surface area contributed by atoms with E-state index in [4.69, 9.17) is 20.8 Å².